The first-order valence-corrected chi connectivity index (χ1v) is 12.8. The van der Waals surface area contributed by atoms with Crippen molar-refractivity contribution in [1.29, 1.82) is 0 Å². The molecule has 3 aromatic rings. The average molecular weight is 518 g/mol. The van der Waals surface area contributed by atoms with Crippen molar-refractivity contribution < 1.29 is 19.1 Å². The highest BCUT2D eigenvalue weighted by Gasteiger charge is 2.41. The van der Waals surface area contributed by atoms with Gasteiger partial charge in [0.1, 0.15) is 12.6 Å². The van der Waals surface area contributed by atoms with E-state index in [9.17, 15) is 14.4 Å². The van der Waals surface area contributed by atoms with Crippen LogP contribution in [0.1, 0.15) is 34.3 Å². The molecule has 2 aliphatic rings. The summed E-state index contributed by atoms with van der Waals surface area (Å²) < 4.78 is 5.41. The number of carbonyl (C=O) groups is 3. The van der Waals surface area contributed by atoms with Gasteiger partial charge < -0.3 is 15.0 Å². The molecule has 1 aliphatic carbocycles. The van der Waals surface area contributed by atoms with E-state index < -0.39 is 12.0 Å². The molecule has 1 saturated heterocycles. The van der Waals surface area contributed by atoms with Crippen LogP contribution in [0.5, 0.6) is 0 Å². The molecule has 2 fully saturated rings. The fraction of sp³-hybridized carbons (Fsp3) is 0.276. The first kappa shape index (κ1) is 25.0. The third kappa shape index (κ3) is 5.84. The van der Waals surface area contributed by atoms with E-state index in [4.69, 9.17) is 16.3 Å². The van der Waals surface area contributed by atoms with Crippen LogP contribution >= 0.6 is 11.6 Å². The lowest BCUT2D eigenvalue weighted by molar-refractivity contribution is -0.136. The molecule has 37 heavy (non-hydrogen) atoms. The Hall–Kier alpha value is -3.68. The topological polar surface area (TPSA) is 79.0 Å². The van der Waals surface area contributed by atoms with Crippen molar-refractivity contribution in [3.05, 3.63) is 101 Å². The highest BCUT2D eigenvalue weighted by molar-refractivity contribution is 6.31. The number of esters is 1. The second-order valence-electron chi connectivity index (χ2n) is 9.31. The van der Waals surface area contributed by atoms with Crippen LogP contribution in [0.25, 0.3) is 0 Å². The van der Waals surface area contributed by atoms with Gasteiger partial charge in [-0.2, -0.15) is 0 Å². The molecular formula is C29H28ClN3O4. The van der Waals surface area contributed by atoms with Crippen molar-refractivity contribution in [3.8, 4) is 0 Å². The fourth-order valence-electron chi connectivity index (χ4n) is 4.52. The summed E-state index contributed by atoms with van der Waals surface area (Å²) in [6, 6.07) is 23.1. The van der Waals surface area contributed by atoms with E-state index >= 15 is 0 Å². The van der Waals surface area contributed by atoms with E-state index in [0.717, 1.165) is 24.0 Å². The summed E-state index contributed by atoms with van der Waals surface area (Å²) in [6.45, 7) is 1.05. The van der Waals surface area contributed by atoms with Crippen LogP contribution in [0, 0.1) is 0 Å². The van der Waals surface area contributed by atoms with Gasteiger partial charge in [0.15, 0.2) is 0 Å². The third-order valence-corrected chi connectivity index (χ3v) is 7.01. The minimum atomic E-state index is -0.661. The number of amides is 2. The van der Waals surface area contributed by atoms with E-state index in [0.29, 0.717) is 29.4 Å². The molecule has 2 amide bonds. The number of nitrogens with one attached hydrogen (secondary N) is 1. The average Bonchev–Trinajstić information content (AvgIpc) is 3.77. The van der Waals surface area contributed by atoms with E-state index in [-0.39, 0.29) is 31.0 Å². The molecule has 0 radical (unpaired) electrons. The molecule has 0 aromatic heterocycles. The van der Waals surface area contributed by atoms with Crippen molar-refractivity contribution in [3.63, 3.8) is 0 Å². The molecule has 1 saturated carbocycles. The maximum absolute atomic E-state index is 13.8. The van der Waals surface area contributed by atoms with Crippen molar-refractivity contribution >= 4 is 35.1 Å². The summed E-state index contributed by atoms with van der Waals surface area (Å²) in [5.41, 5.74) is 2.80. The van der Waals surface area contributed by atoms with Crippen molar-refractivity contribution in [2.45, 2.75) is 38.1 Å². The van der Waals surface area contributed by atoms with Crippen LogP contribution in [-0.2, 0) is 27.5 Å². The number of rotatable bonds is 8. The molecule has 1 N–H and O–H groups in total. The summed E-state index contributed by atoms with van der Waals surface area (Å²) in [4.78, 5) is 42.5. The quantitative estimate of drug-likeness (QED) is 0.453. The Morgan fingerprint density at radius 1 is 0.973 bits per heavy atom. The van der Waals surface area contributed by atoms with Gasteiger partial charge in [-0.15, -0.1) is 0 Å². The smallest absolute Gasteiger partial charge is 0.338 e. The number of benzene rings is 3. The van der Waals surface area contributed by atoms with Gasteiger partial charge in [-0.25, -0.2) is 4.79 Å². The first-order chi connectivity index (χ1) is 18.0. The van der Waals surface area contributed by atoms with Gasteiger partial charge in [-0.3, -0.25) is 14.5 Å². The van der Waals surface area contributed by atoms with Gasteiger partial charge >= 0.3 is 5.97 Å². The van der Waals surface area contributed by atoms with E-state index in [1.807, 2.05) is 47.4 Å². The van der Waals surface area contributed by atoms with Gasteiger partial charge in [0.05, 0.1) is 12.1 Å². The lowest BCUT2D eigenvalue weighted by atomic mass is 10.1. The highest BCUT2D eigenvalue weighted by atomic mass is 35.5. The van der Waals surface area contributed by atoms with Gasteiger partial charge in [-0.05, 0) is 54.3 Å². The Morgan fingerprint density at radius 2 is 1.68 bits per heavy atom. The largest absolute Gasteiger partial charge is 0.457 e. The normalized spacial score (nSPS) is 17.4. The van der Waals surface area contributed by atoms with Gasteiger partial charge in [0, 0.05) is 29.8 Å². The standard InChI is InChI=1S/C29H28ClN3O4/c30-25-9-5-4-8-22(25)18-32(23-14-15-23)28(35)26-16-31-17-27(34)33(26)24-12-10-20(11-13-24)19-37-29(36)21-6-2-1-3-7-21/h1-13,23,26,31H,14-19H2/t26-/m1/s1. The molecule has 8 heteroatoms. The number of ether oxygens (including phenoxy) is 1. The summed E-state index contributed by atoms with van der Waals surface area (Å²) in [5.74, 6) is -0.656. The molecular weight excluding hydrogens is 490 g/mol. The summed E-state index contributed by atoms with van der Waals surface area (Å²) >= 11 is 6.38. The van der Waals surface area contributed by atoms with E-state index in [1.54, 1.807) is 41.3 Å². The predicted octanol–water partition coefficient (Wildman–Crippen LogP) is 4.19. The molecule has 0 bridgehead atoms. The number of hydrogen-bond donors (Lipinski definition) is 1. The second kappa shape index (κ2) is 11.2. The van der Waals surface area contributed by atoms with Crippen LogP contribution in [0.15, 0.2) is 78.9 Å². The number of piperazine rings is 1. The van der Waals surface area contributed by atoms with Gasteiger partial charge in [0.2, 0.25) is 11.8 Å². The number of anilines is 1. The lowest BCUT2D eigenvalue weighted by Gasteiger charge is -2.38. The minimum Gasteiger partial charge on any atom is -0.457 e. The van der Waals surface area contributed by atoms with Crippen LogP contribution in [0.2, 0.25) is 5.02 Å². The zero-order valence-corrected chi connectivity index (χ0v) is 21.1. The van der Waals surface area contributed by atoms with Gasteiger partial charge in [-0.1, -0.05) is 60.1 Å². The zero-order chi connectivity index (χ0) is 25.8. The zero-order valence-electron chi connectivity index (χ0n) is 20.3. The first-order valence-electron chi connectivity index (χ1n) is 12.4. The molecule has 5 rings (SSSR count). The fourth-order valence-corrected chi connectivity index (χ4v) is 4.72. The van der Waals surface area contributed by atoms with E-state index in [1.165, 1.54) is 0 Å². The maximum Gasteiger partial charge on any atom is 0.338 e. The Morgan fingerprint density at radius 3 is 2.38 bits per heavy atom. The Kier molecular flexibility index (Phi) is 7.53. The number of carbonyl (C=O) groups excluding carboxylic acids is 3. The van der Waals surface area contributed by atoms with Crippen molar-refractivity contribution in [1.82, 2.24) is 10.2 Å². The SMILES string of the molecule is O=C(OCc1ccc(N2C(=O)CNC[C@@H]2C(=O)N(Cc2ccccc2Cl)C2CC2)cc1)c1ccccc1. The third-order valence-electron chi connectivity index (χ3n) is 6.64. The summed E-state index contributed by atoms with van der Waals surface area (Å²) in [5, 5.41) is 3.72. The number of halogens is 1. The lowest BCUT2D eigenvalue weighted by Crippen LogP contribution is -2.61. The second-order valence-corrected chi connectivity index (χ2v) is 9.71. The van der Waals surface area contributed by atoms with Crippen molar-refractivity contribution in [2.24, 2.45) is 0 Å². The van der Waals surface area contributed by atoms with Crippen LogP contribution < -0.4 is 10.2 Å². The minimum absolute atomic E-state index is 0.0937. The number of hydrogen-bond acceptors (Lipinski definition) is 5. The summed E-state index contributed by atoms with van der Waals surface area (Å²) in [6.07, 6.45) is 1.89. The monoisotopic (exact) mass is 517 g/mol. The van der Waals surface area contributed by atoms with Crippen LogP contribution in [-0.4, -0.2) is 47.9 Å². The number of nitrogens with zero attached hydrogens (tertiary/aromatic N) is 2. The predicted molar refractivity (Wildman–Crippen MR) is 141 cm³/mol. The Bertz CT molecular complexity index is 1280. The van der Waals surface area contributed by atoms with E-state index in [2.05, 4.69) is 5.32 Å². The molecule has 0 spiro atoms. The summed E-state index contributed by atoms with van der Waals surface area (Å²) in [7, 11) is 0. The molecule has 1 heterocycles. The Labute approximate surface area is 221 Å². The molecule has 1 atom stereocenters. The molecule has 0 unspecified atom stereocenters. The highest BCUT2D eigenvalue weighted by Crippen LogP contribution is 2.32. The maximum atomic E-state index is 13.8. The van der Waals surface area contributed by atoms with Crippen LogP contribution in [0.4, 0.5) is 5.69 Å². The molecule has 3 aromatic carbocycles. The molecule has 7 nitrogen and oxygen atoms in total. The molecule has 1 aliphatic heterocycles. The van der Waals surface area contributed by atoms with Gasteiger partial charge in [0.25, 0.3) is 0 Å². The van der Waals surface area contributed by atoms with Crippen molar-refractivity contribution in [2.75, 3.05) is 18.0 Å². The van der Waals surface area contributed by atoms with Crippen LogP contribution in [0.3, 0.4) is 0 Å². The molecule has 190 valence electrons. The Balaban J connectivity index is 1.30.